The Labute approximate surface area is 209 Å². The number of methoxy groups -OCH3 is 1. The molecule has 12 heteroatoms. The van der Waals surface area contributed by atoms with Crippen molar-refractivity contribution in [1.82, 2.24) is 24.2 Å². The van der Waals surface area contributed by atoms with Crippen molar-refractivity contribution in [2.75, 3.05) is 31.7 Å². The highest BCUT2D eigenvalue weighted by Gasteiger charge is 2.31. The lowest BCUT2D eigenvalue weighted by Crippen LogP contribution is -2.43. The number of rotatable bonds is 7. The SMILES string of the molecule is COc1ccnc(CCc2nc3ncc(-c4ccc(S(=O)(=O)N5CCS(=O)(=O)CC5)cc4)cc3[nH]2)c1. The number of aromatic nitrogens is 4. The average molecular weight is 528 g/mol. The molecule has 4 heterocycles. The molecule has 0 aliphatic carbocycles. The number of hydrogen-bond acceptors (Lipinski definition) is 8. The molecule has 0 spiro atoms. The number of hydrogen-bond donors (Lipinski definition) is 1. The van der Waals surface area contributed by atoms with Gasteiger partial charge in [-0.2, -0.15) is 4.31 Å². The molecule has 188 valence electrons. The molecule has 0 amide bonds. The number of nitrogens with zero attached hydrogens (tertiary/aromatic N) is 4. The van der Waals surface area contributed by atoms with Crippen LogP contribution in [0.15, 0.2) is 59.8 Å². The maximum atomic E-state index is 12.9. The molecule has 1 aliphatic heterocycles. The number of sulfone groups is 1. The molecule has 5 rings (SSSR count). The molecule has 3 aromatic heterocycles. The van der Waals surface area contributed by atoms with Crippen molar-refractivity contribution in [2.45, 2.75) is 17.7 Å². The van der Waals surface area contributed by atoms with Crippen LogP contribution < -0.4 is 4.74 Å². The number of pyridine rings is 2. The van der Waals surface area contributed by atoms with Crippen LogP contribution in [0.5, 0.6) is 5.75 Å². The lowest BCUT2D eigenvalue weighted by Gasteiger charge is -2.26. The zero-order valence-electron chi connectivity index (χ0n) is 19.6. The molecule has 0 atom stereocenters. The van der Waals surface area contributed by atoms with E-state index >= 15 is 0 Å². The van der Waals surface area contributed by atoms with Crippen molar-refractivity contribution in [3.63, 3.8) is 0 Å². The fourth-order valence-electron chi connectivity index (χ4n) is 4.10. The van der Waals surface area contributed by atoms with Crippen LogP contribution in [0.3, 0.4) is 0 Å². The third-order valence-electron chi connectivity index (χ3n) is 6.16. The Morgan fingerprint density at radius 3 is 2.47 bits per heavy atom. The van der Waals surface area contributed by atoms with Crippen molar-refractivity contribution < 1.29 is 21.6 Å². The highest BCUT2D eigenvalue weighted by atomic mass is 32.2. The van der Waals surface area contributed by atoms with Crippen LogP contribution >= 0.6 is 0 Å². The summed E-state index contributed by atoms with van der Waals surface area (Å²) < 4.78 is 55.6. The number of nitrogens with one attached hydrogen (secondary N) is 1. The predicted octanol–water partition coefficient (Wildman–Crippen LogP) is 2.23. The van der Waals surface area contributed by atoms with E-state index in [1.165, 1.54) is 16.4 Å². The summed E-state index contributed by atoms with van der Waals surface area (Å²) in [6.07, 6.45) is 4.78. The Balaban J connectivity index is 1.31. The summed E-state index contributed by atoms with van der Waals surface area (Å²) in [5.41, 5.74) is 3.92. The van der Waals surface area contributed by atoms with Crippen molar-refractivity contribution in [1.29, 1.82) is 0 Å². The maximum Gasteiger partial charge on any atom is 0.243 e. The molecule has 36 heavy (non-hydrogen) atoms. The molecule has 1 saturated heterocycles. The first-order valence-electron chi connectivity index (χ1n) is 11.4. The standard InChI is InChI=1S/C24H25N5O5S2/c1-34-20-8-9-25-19(15-20)4-7-23-27-22-14-18(16-26-24(22)28-23)17-2-5-21(6-3-17)36(32,33)29-10-12-35(30,31)13-11-29/h2-3,5-6,8-9,14-16H,4,7,10-13H2,1H3,(H,26,27,28). The lowest BCUT2D eigenvalue weighted by molar-refractivity contribution is 0.413. The van der Waals surface area contributed by atoms with Gasteiger partial charge in [0.1, 0.15) is 11.6 Å². The first-order chi connectivity index (χ1) is 17.2. The Morgan fingerprint density at radius 2 is 1.75 bits per heavy atom. The maximum absolute atomic E-state index is 12.9. The van der Waals surface area contributed by atoms with Gasteiger partial charge in [0, 0.05) is 49.2 Å². The third-order valence-corrected chi connectivity index (χ3v) is 9.68. The fourth-order valence-corrected chi connectivity index (χ4v) is 6.97. The van der Waals surface area contributed by atoms with Gasteiger partial charge in [-0.25, -0.2) is 26.8 Å². The van der Waals surface area contributed by atoms with Crippen molar-refractivity contribution in [3.05, 3.63) is 66.4 Å². The van der Waals surface area contributed by atoms with Crippen LogP contribution in [-0.2, 0) is 32.7 Å². The van der Waals surface area contributed by atoms with Crippen molar-refractivity contribution in [3.8, 4) is 16.9 Å². The van der Waals surface area contributed by atoms with Gasteiger partial charge in [0.05, 0.1) is 29.0 Å². The molecule has 0 bridgehead atoms. The van der Waals surface area contributed by atoms with E-state index in [0.29, 0.717) is 18.5 Å². The zero-order chi connectivity index (χ0) is 25.3. The van der Waals surface area contributed by atoms with Gasteiger partial charge in [0.2, 0.25) is 10.0 Å². The normalized spacial score (nSPS) is 16.2. The second-order valence-electron chi connectivity index (χ2n) is 8.55. The summed E-state index contributed by atoms with van der Waals surface area (Å²) in [4.78, 5) is 16.8. The van der Waals surface area contributed by atoms with Gasteiger partial charge < -0.3 is 9.72 Å². The smallest absolute Gasteiger partial charge is 0.243 e. The van der Waals surface area contributed by atoms with Gasteiger partial charge >= 0.3 is 0 Å². The number of aryl methyl sites for hydroxylation is 2. The molecule has 1 N–H and O–H groups in total. The highest BCUT2D eigenvalue weighted by Crippen LogP contribution is 2.25. The minimum Gasteiger partial charge on any atom is -0.497 e. The van der Waals surface area contributed by atoms with E-state index in [4.69, 9.17) is 4.74 Å². The molecule has 10 nitrogen and oxygen atoms in total. The number of imidazole rings is 1. The number of benzene rings is 1. The average Bonchev–Trinajstić information content (AvgIpc) is 3.30. The minimum atomic E-state index is -3.75. The van der Waals surface area contributed by atoms with Gasteiger partial charge in [0.25, 0.3) is 0 Å². The molecule has 4 aromatic rings. The largest absolute Gasteiger partial charge is 0.497 e. The van der Waals surface area contributed by atoms with Crippen molar-refractivity contribution in [2.24, 2.45) is 0 Å². The summed E-state index contributed by atoms with van der Waals surface area (Å²) in [6.45, 7) is -0.0495. The summed E-state index contributed by atoms with van der Waals surface area (Å²) in [5.74, 6) is 1.25. The molecule has 0 unspecified atom stereocenters. The Hall–Kier alpha value is -3.35. The van der Waals surface area contributed by atoms with Crippen LogP contribution in [-0.4, -0.2) is 72.8 Å². The van der Waals surface area contributed by atoms with Crippen LogP contribution in [0.25, 0.3) is 22.3 Å². The monoisotopic (exact) mass is 527 g/mol. The van der Waals surface area contributed by atoms with Crippen molar-refractivity contribution >= 4 is 31.0 Å². The molecular weight excluding hydrogens is 502 g/mol. The molecule has 1 aliphatic rings. The van der Waals surface area contributed by atoms with Gasteiger partial charge in [-0.3, -0.25) is 4.98 Å². The number of fused-ring (bicyclic) bond motifs is 1. The van der Waals surface area contributed by atoms with Crippen LogP contribution in [0.1, 0.15) is 11.5 Å². The zero-order valence-corrected chi connectivity index (χ0v) is 21.2. The van der Waals surface area contributed by atoms with Crippen LogP contribution in [0, 0.1) is 0 Å². The summed E-state index contributed by atoms with van der Waals surface area (Å²) in [6, 6.07) is 12.2. The number of H-pyrrole nitrogens is 1. The van der Waals surface area contributed by atoms with E-state index < -0.39 is 19.9 Å². The Kier molecular flexibility index (Phi) is 6.49. The molecule has 1 fully saturated rings. The summed E-state index contributed by atoms with van der Waals surface area (Å²) in [5, 5.41) is 0. The topological polar surface area (TPSA) is 135 Å². The van der Waals surface area contributed by atoms with E-state index in [2.05, 4.69) is 19.9 Å². The Morgan fingerprint density at radius 1 is 1.00 bits per heavy atom. The molecular formula is C24H25N5O5S2. The number of aromatic amines is 1. The first kappa shape index (κ1) is 24.3. The van der Waals surface area contributed by atoms with Gasteiger partial charge in [-0.1, -0.05) is 12.1 Å². The van der Waals surface area contributed by atoms with Crippen LogP contribution in [0.4, 0.5) is 0 Å². The van der Waals surface area contributed by atoms with E-state index in [1.54, 1.807) is 37.7 Å². The second-order valence-corrected chi connectivity index (χ2v) is 12.8. The lowest BCUT2D eigenvalue weighted by atomic mass is 10.1. The number of ether oxygens (including phenoxy) is 1. The summed E-state index contributed by atoms with van der Waals surface area (Å²) in [7, 11) is -5.30. The van der Waals surface area contributed by atoms with Gasteiger partial charge in [0.15, 0.2) is 15.5 Å². The first-order valence-corrected chi connectivity index (χ1v) is 14.6. The van der Waals surface area contributed by atoms with E-state index in [1.807, 2.05) is 12.1 Å². The number of sulfonamides is 1. The van der Waals surface area contributed by atoms with E-state index in [9.17, 15) is 16.8 Å². The molecule has 0 saturated carbocycles. The summed E-state index contributed by atoms with van der Waals surface area (Å²) >= 11 is 0. The minimum absolute atomic E-state index is 0.0248. The van der Waals surface area contributed by atoms with Gasteiger partial charge in [-0.05, 0) is 36.2 Å². The van der Waals surface area contributed by atoms with E-state index in [0.717, 1.165) is 33.9 Å². The quantitative estimate of drug-likeness (QED) is 0.387. The van der Waals surface area contributed by atoms with Gasteiger partial charge in [-0.15, -0.1) is 0 Å². The third kappa shape index (κ3) is 5.11. The highest BCUT2D eigenvalue weighted by molar-refractivity contribution is 7.92. The molecule has 0 radical (unpaired) electrons. The second kappa shape index (κ2) is 9.60. The van der Waals surface area contributed by atoms with E-state index in [-0.39, 0.29) is 29.5 Å². The molecule has 1 aromatic carbocycles. The fraction of sp³-hybridized carbons (Fsp3) is 0.292. The Bertz CT molecular complexity index is 1600. The van der Waals surface area contributed by atoms with Crippen LogP contribution in [0.2, 0.25) is 0 Å². The predicted molar refractivity (Wildman–Crippen MR) is 135 cm³/mol.